The summed E-state index contributed by atoms with van der Waals surface area (Å²) < 4.78 is 0.650. The summed E-state index contributed by atoms with van der Waals surface area (Å²) in [5.41, 5.74) is 1.30. The first-order valence-corrected chi connectivity index (χ1v) is 14.4. The van der Waals surface area contributed by atoms with E-state index in [1.165, 1.54) is 11.1 Å². The molecule has 1 aromatic carbocycles. The van der Waals surface area contributed by atoms with Gasteiger partial charge in [-0.15, -0.1) is 59.2 Å². The number of hydrogen-bond acceptors (Lipinski definition) is 0. The van der Waals surface area contributed by atoms with Gasteiger partial charge in [0.25, 0.3) is 0 Å². The first kappa shape index (κ1) is 34.6. The van der Waals surface area contributed by atoms with Crippen LogP contribution in [0.4, 0.5) is 0 Å². The zero-order valence-electron chi connectivity index (χ0n) is 25.2. The summed E-state index contributed by atoms with van der Waals surface area (Å²) in [6.45, 7) is 43.5. The molecule has 0 radical (unpaired) electrons. The van der Waals surface area contributed by atoms with Gasteiger partial charge in [-0.25, -0.2) is 0 Å². The molecule has 0 saturated carbocycles. The molecule has 0 amide bonds. The van der Waals surface area contributed by atoms with Gasteiger partial charge in [0.15, 0.2) is 0 Å². The van der Waals surface area contributed by atoms with E-state index in [1.54, 1.807) is 0 Å². The van der Waals surface area contributed by atoms with Crippen molar-refractivity contribution in [3.8, 4) is 0 Å². The molecule has 0 atom stereocenters. The highest BCUT2D eigenvalue weighted by molar-refractivity contribution is 5.36. The fraction of sp³-hybridized carbons (Fsp3) is 0.333. The second kappa shape index (κ2) is 16.6. The second-order valence-electron chi connectivity index (χ2n) is 10.9. The Balaban J connectivity index is 4.91. The molecule has 1 heteroatoms. The maximum absolute atomic E-state index is 4.38. The minimum absolute atomic E-state index is 0.373. The van der Waals surface area contributed by atoms with Crippen molar-refractivity contribution in [2.75, 3.05) is 6.54 Å². The largest absolute Gasteiger partial charge is 0.300 e. The van der Waals surface area contributed by atoms with Crippen molar-refractivity contribution in [1.82, 2.24) is 0 Å². The average molecular weight is 537 g/mol. The lowest BCUT2D eigenvalue weighted by Gasteiger charge is -2.70. The SMILES string of the molecule is C=CCc1ccccc1C(CC=C)(CC=C)[N+](CC=C)(C(CC=C)(CC=C)CC=C)C(CC=C)(CC=C)CC=C. The van der Waals surface area contributed by atoms with E-state index in [4.69, 9.17) is 0 Å². The Morgan fingerprint density at radius 3 is 1.18 bits per heavy atom. The van der Waals surface area contributed by atoms with Crippen molar-refractivity contribution in [2.24, 2.45) is 0 Å². The molecule has 0 aliphatic carbocycles. The highest BCUT2D eigenvalue weighted by Gasteiger charge is 2.68. The first-order valence-electron chi connectivity index (χ1n) is 14.4. The number of hydrogen-bond donors (Lipinski definition) is 0. The maximum atomic E-state index is 4.38. The molecule has 0 unspecified atom stereocenters. The molecule has 0 fully saturated rings. The Hall–Kier alpha value is -3.42. The van der Waals surface area contributed by atoms with Crippen LogP contribution in [-0.2, 0) is 12.0 Å². The summed E-state index contributed by atoms with van der Waals surface area (Å²) in [5, 5.41) is 0. The molecular formula is C39H54N+. The molecule has 1 rings (SSSR count). The Bertz CT molecular complexity index is 963. The van der Waals surface area contributed by atoms with E-state index in [0.717, 1.165) is 57.8 Å². The number of rotatable bonds is 24. The van der Waals surface area contributed by atoms with Crippen molar-refractivity contribution < 1.29 is 4.48 Å². The van der Waals surface area contributed by atoms with Gasteiger partial charge in [-0.1, -0.05) is 85.5 Å². The van der Waals surface area contributed by atoms with Crippen molar-refractivity contribution >= 4 is 0 Å². The van der Waals surface area contributed by atoms with Crippen LogP contribution in [0.25, 0.3) is 0 Å². The van der Waals surface area contributed by atoms with Crippen molar-refractivity contribution in [3.05, 3.63) is 162 Å². The van der Waals surface area contributed by atoms with Crippen LogP contribution >= 0.6 is 0 Å². The van der Waals surface area contributed by atoms with Gasteiger partial charge >= 0.3 is 0 Å². The Morgan fingerprint density at radius 1 is 0.475 bits per heavy atom. The molecular weight excluding hydrogens is 482 g/mol. The number of allylic oxidation sites excluding steroid dienone is 1. The van der Waals surface area contributed by atoms with E-state index in [0.29, 0.717) is 11.0 Å². The minimum atomic E-state index is -0.485. The molecule has 0 N–H and O–H groups in total. The van der Waals surface area contributed by atoms with Crippen molar-refractivity contribution in [2.45, 2.75) is 74.4 Å². The molecule has 214 valence electrons. The molecule has 1 nitrogen and oxygen atoms in total. The molecule has 0 aromatic heterocycles. The third kappa shape index (κ3) is 6.16. The van der Waals surface area contributed by atoms with Gasteiger partial charge in [0.2, 0.25) is 0 Å². The molecule has 0 bridgehead atoms. The maximum Gasteiger partial charge on any atom is 0.133 e. The molecule has 0 aliphatic heterocycles. The lowest BCUT2D eigenvalue weighted by Crippen LogP contribution is -2.81. The quantitative estimate of drug-likeness (QED) is 0.0910. The van der Waals surface area contributed by atoms with Crippen LogP contribution in [0.1, 0.15) is 62.5 Å². The topological polar surface area (TPSA) is 0 Å². The molecule has 0 saturated heterocycles. The fourth-order valence-electron chi connectivity index (χ4n) is 7.82. The van der Waals surface area contributed by atoms with Crippen LogP contribution < -0.4 is 0 Å². The Kier molecular flexibility index (Phi) is 14.4. The van der Waals surface area contributed by atoms with Gasteiger partial charge in [-0.3, -0.25) is 0 Å². The summed E-state index contributed by atoms with van der Waals surface area (Å²) in [6, 6.07) is 8.79. The van der Waals surface area contributed by atoms with Crippen LogP contribution in [0, 0.1) is 0 Å². The van der Waals surface area contributed by atoms with Crippen LogP contribution in [0.3, 0.4) is 0 Å². The van der Waals surface area contributed by atoms with E-state index in [9.17, 15) is 0 Å². The van der Waals surface area contributed by atoms with Crippen molar-refractivity contribution in [1.29, 1.82) is 0 Å². The summed E-state index contributed by atoms with van der Waals surface area (Å²) in [5.74, 6) is 0. The Morgan fingerprint density at radius 2 is 0.850 bits per heavy atom. The van der Waals surface area contributed by atoms with E-state index >= 15 is 0 Å². The van der Waals surface area contributed by atoms with E-state index in [2.05, 4.69) is 145 Å². The van der Waals surface area contributed by atoms with Gasteiger partial charge in [-0.05, 0) is 18.1 Å². The predicted molar refractivity (Wildman–Crippen MR) is 181 cm³/mol. The molecule has 0 heterocycles. The lowest BCUT2D eigenvalue weighted by molar-refractivity contribution is -1.06. The molecule has 40 heavy (non-hydrogen) atoms. The lowest BCUT2D eigenvalue weighted by atomic mass is 9.63. The van der Waals surface area contributed by atoms with Gasteiger partial charge < -0.3 is 4.48 Å². The molecule has 0 spiro atoms. The number of nitrogens with zero attached hydrogens (tertiary/aromatic N) is 1. The summed E-state index contributed by atoms with van der Waals surface area (Å²) in [6.07, 6.45) is 27.3. The monoisotopic (exact) mass is 536 g/mol. The van der Waals surface area contributed by atoms with Gasteiger partial charge in [0.05, 0.1) is 6.54 Å². The second-order valence-corrected chi connectivity index (χ2v) is 10.9. The van der Waals surface area contributed by atoms with E-state index < -0.39 is 5.54 Å². The van der Waals surface area contributed by atoms with Crippen molar-refractivity contribution in [3.63, 3.8) is 0 Å². The summed E-state index contributed by atoms with van der Waals surface area (Å²) in [4.78, 5) is 0. The summed E-state index contributed by atoms with van der Waals surface area (Å²) >= 11 is 0. The van der Waals surface area contributed by atoms with Gasteiger partial charge in [0, 0.05) is 56.9 Å². The predicted octanol–water partition coefficient (Wildman–Crippen LogP) is 10.7. The fourth-order valence-corrected chi connectivity index (χ4v) is 7.82. The van der Waals surface area contributed by atoms with Crippen LogP contribution in [0.5, 0.6) is 0 Å². The third-order valence-electron chi connectivity index (χ3n) is 8.75. The van der Waals surface area contributed by atoms with Gasteiger partial charge in [-0.2, -0.15) is 0 Å². The smallest absolute Gasteiger partial charge is 0.133 e. The highest BCUT2D eigenvalue weighted by atomic mass is 15.5. The third-order valence-corrected chi connectivity index (χ3v) is 8.75. The highest BCUT2D eigenvalue weighted by Crippen LogP contribution is 2.60. The van der Waals surface area contributed by atoms with Crippen LogP contribution in [-0.4, -0.2) is 22.1 Å². The number of quaternary nitrogens is 1. The minimum Gasteiger partial charge on any atom is -0.300 e. The molecule has 0 aliphatic rings. The molecule has 1 aromatic rings. The zero-order chi connectivity index (χ0) is 30.1. The Labute approximate surface area is 247 Å². The number of benzene rings is 1. The van der Waals surface area contributed by atoms with Crippen LogP contribution in [0.15, 0.2) is 151 Å². The normalized spacial score (nSPS) is 12.0. The first-order chi connectivity index (χ1) is 19.3. The standard InChI is InChI=1S/C39H54N/c1-11-23-35-24-21-22-25-36(35)39(32-18-8,33-19-9)40(34-20-10,37(26-12-2,27-13-3)28-14-4)38(29-15-5,30-16-6)31-17-7/h11-22,24-25H,1-10,23,26-34H2/q+1. The van der Waals surface area contributed by atoms with E-state index in [1.807, 2.05) is 6.08 Å². The van der Waals surface area contributed by atoms with E-state index in [-0.39, 0.29) is 11.1 Å². The van der Waals surface area contributed by atoms with Crippen LogP contribution in [0.2, 0.25) is 0 Å². The zero-order valence-corrected chi connectivity index (χ0v) is 25.2. The van der Waals surface area contributed by atoms with Gasteiger partial charge in [0.1, 0.15) is 16.6 Å². The average Bonchev–Trinajstić information content (AvgIpc) is 2.93. The summed E-state index contributed by atoms with van der Waals surface area (Å²) in [7, 11) is 0.